The number of aromatic hydroxyl groups is 1. The third-order valence-corrected chi connectivity index (χ3v) is 2.23. The summed E-state index contributed by atoms with van der Waals surface area (Å²) < 4.78 is 0. The Labute approximate surface area is 95.8 Å². The molecule has 0 saturated heterocycles. The Morgan fingerprint density at radius 1 is 0.800 bits per heavy atom. The molecule has 0 spiro atoms. The van der Waals surface area contributed by atoms with E-state index in [9.17, 15) is 5.11 Å². The van der Waals surface area contributed by atoms with Gasteiger partial charge in [0.2, 0.25) is 0 Å². The fourth-order valence-corrected chi connectivity index (χ4v) is 1.48. The number of rotatable bonds is 2. The van der Waals surface area contributed by atoms with Crippen molar-refractivity contribution in [3.8, 4) is 5.75 Å². The van der Waals surface area contributed by atoms with E-state index in [1.165, 1.54) is 5.56 Å². The average molecular weight is 221 g/mol. The second kappa shape index (κ2) is 5.42. The van der Waals surface area contributed by atoms with Crippen LogP contribution in [0.1, 0.15) is 11.1 Å². The molecule has 2 aromatic rings. The summed E-state index contributed by atoms with van der Waals surface area (Å²) in [6, 6.07) is 17.6. The molecule has 0 bridgehead atoms. The van der Waals surface area contributed by atoms with Crippen LogP contribution in [-0.2, 0) is 6.42 Å². The highest BCUT2D eigenvalue weighted by atomic mass is 35.5. The van der Waals surface area contributed by atoms with Crippen molar-refractivity contribution in [2.45, 2.75) is 6.42 Å². The summed E-state index contributed by atoms with van der Waals surface area (Å²) >= 11 is 0. The summed E-state index contributed by atoms with van der Waals surface area (Å²) in [4.78, 5) is 0. The molecular formula is C13H13ClO. The Hall–Kier alpha value is -1.47. The molecule has 0 unspecified atom stereocenters. The Kier molecular flexibility index (Phi) is 4.19. The van der Waals surface area contributed by atoms with E-state index in [-0.39, 0.29) is 12.4 Å². The van der Waals surface area contributed by atoms with Gasteiger partial charge in [-0.3, -0.25) is 0 Å². The predicted molar refractivity (Wildman–Crippen MR) is 64.6 cm³/mol. The number of phenolic OH excluding ortho intramolecular Hbond substituents is 1. The molecule has 0 aliphatic carbocycles. The summed E-state index contributed by atoms with van der Waals surface area (Å²) in [5.41, 5.74) is 2.19. The van der Waals surface area contributed by atoms with E-state index >= 15 is 0 Å². The standard InChI is InChI=1S/C13H12O.ClH/c14-13-9-5-4-8-12(13)10-11-6-2-1-3-7-11;/h1-9,14H,10H2;1H. The third kappa shape index (κ3) is 3.00. The lowest BCUT2D eigenvalue weighted by molar-refractivity contribution is 0.469. The number of benzene rings is 2. The van der Waals surface area contributed by atoms with Crippen LogP contribution in [0.5, 0.6) is 5.75 Å². The first-order chi connectivity index (χ1) is 6.86. The zero-order chi connectivity index (χ0) is 9.80. The van der Waals surface area contributed by atoms with Crippen molar-refractivity contribution < 1.29 is 5.11 Å². The molecule has 1 N–H and O–H groups in total. The minimum atomic E-state index is 0. The summed E-state index contributed by atoms with van der Waals surface area (Å²) in [6.07, 6.45) is 0.785. The summed E-state index contributed by atoms with van der Waals surface area (Å²) in [7, 11) is 0. The first-order valence-electron chi connectivity index (χ1n) is 4.67. The minimum Gasteiger partial charge on any atom is -0.508 e. The van der Waals surface area contributed by atoms with Crippen LogP contribution in [0.2, 0.25) is 0 Å². The van der Waals surface area contributed by atoms with E-state index in [0.29, 0.717) is 5.75 Å². The van der Waals surface area contributed by atoms with Crippen molar-refractivity contribution in [1.82, 2.24) is 0 Å². The van der Waals surface area contributed by atoms with Crippen molar-refractivity contribution in [2.75, 3.05) is 0 Å². The van der Waals surface area contributed by atoms with Crippen LogP contribution in [0, 0.1) is 0 Å². The van der Waals surface area contributed by atoms with Crippen molar-refractivity contribution in [1.29, 1.82) is 0 Å². The zero-order valence-corrected chi connectivity index (χ0v) is 9.08. The molecule has 2 aromatic carbocycles. The van der Waals surface area contributed by atoms with Gasteiger partial charge in [0, 0.05) is 6.42 Å². The van der Waals surface area contributed by atoms with Gasteiger partial charge < -0.3 is 5.11 Å². The second-order valence-electron chi connectivity index (χ2n) is 3.29. The maximum absolute atomic E-state index is 9.57. The zero-order valence-electron chi connectivity index (χ0n) is 8.26. The van der Waals surface area contributed by atoms with E-state index < -0.39 is 0 Å². The summed E-state index contributed by atoms with van der Waals surface area (Å²) in [6.45, 7) is 0. The molecule has 0 saturated carbocycles. The molecule has 0 fully saturated rings. The van der Waals surface area contributed by atoms with E-state index in [1.54, 1.807) is 6.07 Å². The Balaban J connectivity index is 0.00000112. The second-order valence-corrected chi connectivity index (χ2v) is 3.29. The highest BCUT2D eigenvalue weighted by Crippen LogP contribution is 2.19. The third-order valence-electron chi connectivity index (χ3n) is 2.23. The van der Waals surface area contributed by atoms with Crippen LogP contribution < -0.4 is 0 Å². The summed E-state index contributed by atoms with van der Waals surface area (Å²) in [5, 5.41) is 9.57. The number of hydrogen-bond donors (Lipinski definition) is 1. The van der Waals surface area contributed by atoms with Gasteiger partial charge in [-0.2, -0.15) is 0 Å². The molecule has 2 heteroatoms. The molecule has 0 amide bonds. The number of halogens is 1. The SMILES string of the molecule is Cl.Oc1ccccc1Cc1ccccc1. The molecule has 15 heavy (non-hydrogen) atoms. The van der Waals surface area contributed by atoms with Gasteiger partial charge in [-0.05, 0) is 17.2 Å². The molecule has 0 atom stereocenters. The topological polar surface area (TPSA) is 20.2 Å². The lowest BCUT2D eigenvalue weighted by Crippen LogP contribution is -1.87. The highest BCUT2D eigenvalue weighted by Gasteiger charge is 1.99. The van der Waals surface area contributed by atoms with Gasteiger partial charge in [0.15, 0.2) is 0 Å². The predicted octanol–water partition coefficient (Wildman–Crippen LogP) is 3.40. The number of para-hydroxylation sites is 1. The molecule has 0 aliphatic rings. The Morgan fingerprint density at radius 3 is 2.07 bits per heavy atom. The fraction of sp³-hybridized carbons (Fsp3) is 0.0769. The van der Waals surface area contributed by atoms with Gasteiger partial charge in [0.1, 0.15) is 5.75 Å². The van der Waals surface area contributed by atoms with Gasteiger partial charge in [0.05, 0.1) is 0 Å². The monoisotopic (exact) mass is 220 g/mol. The number of hydrogen-bond acceptors (Lipinski definition) is 1. The molecular weight excluding hydrogens is 208 g/mol. The highest BCUT2D eigenvalue weighted by molar-refractivity contribution is 5.85. The fourth-order valence-electron chi connectivity index (χ4n) is 1.48. The molecule has 1 nitrogen and oxygen atoms in total. The normalized spacial score (nSPS) is 9.33. The Bertz CT molecular complexity index is 412. The first kappa shape index (κ1) is 11.6. The van der Waals surface area contributed by atoms with Gasteiger partial charge in [-0.1, -0.05) is 48.5 Å². The maximum Gasteiger partial charge on any atom is 0.119 e. The maximum atomic E-state index is 9.57. The van der Waals surface area contributed by atoms with E-state index in [1.807, 2.05) is 36.4 Å². The van der Waals surface area contributed by atoms with E-state index in [4.69, 9.17) is 0 Å². The molecule has 0 heterocycles. The van der Waals surface area contributed by atoms with Gasteiger partial charge >= 0.3 is 0 Å². The van der Waals surface area contributed by atoms with Crippen molar-refractivity contribution >= 4 is 12.4 Å². The summed E-state index contributed by atoms with van der Waals surface area (Å²) in [5.74, 6) is 0.372. The van der Waals surface area contributed by atoms with Crippen LogP contribution in [0.3, 0.4) is 0 Å². The lowest BCUT2D eigenvalue weighted by atomic mass is 10.0. The van der Waals surface area contributed by atoms with Crippen LogP contribution in [0.4, 0.5) is 0 Å². The first-order valence-corrected chi connectivity index (χ1v) is 4.67. The van der Waals surface area contributed by atoms with Crippen LogP contribution in [0.25, 0.3) is 0 Å². The average Bonchev–Trinajstić information content (AvgIpc) is 2.23. The van der Waals surface area contributed by atoms with E-state index in [2.05, 4.69) is 12.1 Å². The minimum absolute atomic E-state index is 0. The smallest absolute Gasteiger partial charge is 0.119 e. The van der Waals surface area contributed by atoms with Crippen LogP contribution >= 0.6 is 12.4 Å². The van der Waals surface area contributed by atoms with E-state index in [0.717, 1.165) is 12.0 Å². The van der Waals surface area contributed by atoms with Gasteiger partial charge in [0.25, 0.3) is 0 Å². The van der Waals surface area contributed by atoms with Gasteiger partial charge in [-0.15, -0.1) is 12.4 Å². The molecule has 0 aromatic heterocycles. The largest absolute Gasteiger partial charge is 0.508 e. The van der Waals surface area contributed by atoms with Gasteiger partial charge in [-0.25, -0.2) is 0 Å². The molecule has 0 aliphatic heterocycles. The lowest BCUT2D eigenvalue weighted by Gasteiger charge is -2.03. The van der Waals surface area contributed by atoms with Crippen molar-refractivity contribution in [2.24, 2.45) is 0 Å². The van der Waals surface area contributed by atoms with Crippen molar-refractivity contribution in [3.05, 3.63) is 65.7 Å². The van der Waals surface area contributed by atoms with Crippen LogP contribution in [-0.4, -0.2) is 5.11 Å². The van der Waals surface area contributed by atoms with Crippen LogP contribution in [0.15, 0.2) is 54.6 Å². The Morgan fingerprint density at radius 2 is 1.40 bits per heavy atom. The molecule has 78 valence electrons. The quantitative estimate of drug-likeness (QED) is 0.823. The number of phenols is 1. The molecule has 2 rings (SSSR count). The molecule has 0 radical (unpaired) electrons. The van der Waals surface area contributed by atoms with Crippen molar-refractivity contribution in [3.63, 3.8) is 0 Å².